The molecule has 0 saturated heterocycles. The first kappa shape index (κ1) is 17.2. The van der Waals surface area contributed by atoms with Crippen LogP contribution in [0.15, 0.2) is 41.9 Å². The van der Waals surface area contributed by atoms with Crippen molar-refractivity contribution in [3.05, 3.63) is 47.5 Å². The highest BCUT2D eigenvalue weighted by atomic mass is 35.5. The van der Waals surface area contributed by atoms with Crippen molar-refractivity contribution in [2.75, 3.05) is 0 Å². The number of hydrogen-bond donors (Lipinski definition) is 0. The van der Waals surface area contributed by atoms with E-state index in [-0.39, 0.29) is 5.03 Å². The van der Waals surface area contributed by atoms with Crippen molar-refractivity contribution in [1.29, 1.82) is 0 Å². The molecule has 0 aromatic heterocycles. The first-order valence-electron chi connectivity index (χ1n) is 6.52. The standard InChI is InChI=1S/C15H17ClO5/c1-3-4-10-13(19-14(17)11(2)16)20-21-15(18)12-8-6-5-7-9-12/h5-9,13H,2-4,10H2,1H3. The summed E-state index contributed by atoms with van der Waals surface area (Å²) in [5.74, 6) is -1.48. The van der Waals surface area contributed by atoms with Crippen LogP contribution in [0.5, 0.6) is 0 Å². The van der Waals surface area contributed by atoms with Crippen LogP contribution in [-0.4, -0.2) is 18.2 Å². The van der Waals surface area contributed by atoms with Gasteiger partial charge in [0, 0.05) is 6.42 Å². The first-order chi connectivity index (χ1) is 10.0. The molecular weight excluding hydrogens is 296 g/mol. The van der Waals surface area contributed by atoms with E-state index in [0.717, 1.165) is 12.8 Å². The number of rotatable bonds is 8. The molecule has 0 aliphatic heterocycles. The summed E-state index contributed by atoms with van der Waals surface area (Å²) in [5.41, 5.74) is 0.333. The van der Waals surface area contributed by atoms with E-state index >= 15 is 0 Å². The second-order valence-electron chi connectivity index (χ2n) is 4.22. The summed E-state index contributed by atoms with van der Waals surface area (Å²) in [6.45, 7) is 5.23. The van der Waals surface area contributed by atoms with E-state index in [1.54, 1.807) is 30.3 Å². The number of ether oxygens (including phenoxy) is 1. The summed E-state index contributed by atoms with van der Waals surface area (Å²) in [7, 11) is 0. The Bertz CT molecular complexity index is 486. The maximum atomic E-state index is 11.7. The van der Waals surface area contributed by atoms with E-state index in [2.05, 4.69) is 11.5 Å². The lowest BCUT2D eigenvalue weighted by Crippen LogP contribution is -2.23. The number of carbonyl (C=O) groups is 2. The molecule has 5 nitrogen and oxygen atoms in total. The largest absolute Gasteiger partial charge is 0.428 e. The van der Waals surface area contributed by atoms with Crippen molar-refractivity contribution in [2.45, 2.75) is 32.5 Å². The minimum atomic E-state index is -1.01. The van der Waals surface area contributed by atoms with Gasteiger partial charge in [0.25, 0.3) is 0 Å². The Morgan fingerprint density at radius 2 is 1.95 bits per heavy atom. The molecule has 0 spiro atoms. The van der Waals surface area contributed by atoms with Crippen molar-refractivity contribution in [3.8, 4) is 0 Å². The minimum Gasteiger partial charge on any atom is -0.428 e. The molecule has 21 heavy (non-hydrogen) atoms. The average molecular weight is 313 g/mol. The highest BCUT2D eigenvalue weighted by Crippen LogP contribution is 2.12. The number of carbonyl (C=O) groups excluding carboxylic acids is 2. The molecule has 0 aliphatic carbocycles. The van der Waals surface area contributed by atoms with Crippen LogP contribution in [0.3, 0.4) is 0 Å². The fourth-order valence-corrected chi connectivity index (χ4v) is 1.45. The van der Waals surface area contributed by atoms with Gasteiger partial charge in [0.1, 0.15) is 5.03 Å². The summed E-state index contributed by atoms with van der Waals surface area (Å²) in [4.78, 5) is 32.6. The summed E-state index contributed by atoms with van der Waals surface area (Å²) >= 11 is 5.43. The van der Waals surface area contributed by atoms with E-state index in [4.69, 9.17) is 21.2 Å². The van der Waals surface area contributed by atoms with Crippen molar-refractivity contribution in [2.24, 2.45) is 0 Å². The Morgan fingerprint density at radius 1 is 1.29 bits per heavy atom. The van der Waals surface area contributed by atoms with Crippen LogP contribution in [-0.2, 0) is 19.3 Å². The van der Waals surface area contributed by atoms with Gasteiger partial charge in [-0.3, -0.25) is 4.89 Å². The van der Waals surface area contributed by atoms with Gasteiger partial charge in [-0.2, -0.15) is 0 Å². The predicted molar refractivity (Wildman–Crippen MR) is 77.3 cm³/mol. The number of hydrogen-bond acceptors (Lipinski definition) is 5. The Kier molecular flexibility index (Phi) is 7.50. The predicted octanol–water partition coefficient (Wildman–Crippen LogP) is 3.59. The number of unbranched alkanes of at least 4 members (excludes halogenated alkanes) is 1. The van der Waals surface area contributed by atoms with E-state index in [1.807, 2.05) is 6.92 Å². The van der Waals surface area contributed by atoms with Crippen molar-refractivity contribution in [1.82, 2.24) is 0 Å². The Labute approximate surface area is 128 Å². The number of halogens is 1. The van der Waals surface area contributed by atoms with Crippen molar-refractivity contribution in [3.63, 3.8) is 0 Å². The molecule has 0 saturated carbocycles. The van der Waals surface area contributed by atoms with Crippen LogP contribution in [0.25, 0.3) is 0 Å². The molecule has 114 valence electrons. The fourth-order valence-electron chi connectivity index (χ4n) is 1.40. The zero-order valence-electron chi connectivity index (χ0n) is 11.7. The Morgan fingerprint density at radius 3 is 2.52 bits per heavy atom. The molecule has 0 fully saturated rings. The molecule has 1 atom stereocenters. The van der Waals surface area contributed by atoms with Gasteiger partial charge in [0.2, 0.25) is 6.29 Å². The van der Waals surface area contributed by atoms with Crippen molar-refractivity contribution >= 4 is 23.5 Å². The van der Waals surface area contributed by atoms with E-state index in [1.165, 1.54) is 0 Å². The second-order valence-corrected chi connectivity index (χ2v) is 4.67. The lowest BCUT2D eigenvalue weighted by molar-refractivity contribution is -0.331. The topological polar surface area (TPSA) is 61.8 Å². The van der Waals surface area contributed by atoms with Crippen LogP contribution in [0.4, 0.5) is 0 Å². The molecule has 0 heterocycles. The first-order valence-corrected chi connectivity index (χ1v) is 6.90. The van der Waals surface area contributed by atoms with Crippen LogP contribution in [0.2, 0.25) is 0 Å². The highest BCUT2D eigenvalue weighted by Gasteiger charge is 2.19. The van der Waals surface area contributed by atoms with Gasteiger partial charge in [-0.15, -0.1) is 4.89 Å². The van der Waals surface area contributed by atoms with Crippen molar-refractivity contribution < 1.29 is 24.1 Å². The minimum absolute atomic E-state index is 0.269. The van der Waals surface area contributed by atoms with Gasteiger partial charge in [0.05, 0.1) is 5.56 Å². The normalized spacial score (nSPS) is 11.5. The molecule has 1 aromatic carbocycles. The van der Waals surface area contributed by atoms with E-state index < -0.39 is 18.2 Å². The van der Waals surface area contributed by atoms with Gasteiger partial charge in [-0.05, 0) is 18.6 Å². The summed E-state index contributed by atoms with van der Waals surface area (Å²) in [5, 5.41) is -0.269. The molecule has 1 rings (SSSR count). The quantitative estimate of drug-likeness (QED) is 0.241. The van der Waals surface area contributed by atoms with E-state index in [0.29, 0.717) is 12.0 Å². The number of esters is 1. The van der Waals surface area contributed by atoms with Crippen LogP contribution < -0.4 is 0 Å². The van der Waals surface area contributed by atoms with Crippen LogP contribution in [0, 0.1) is 0 Å². The van der Waals surface area contributed by atoms with Crippen LogP contribution in [0.1, 0.15) is 36.5 Å². The van der Waals surface area contributed by atoms with Gasteiger partial charge in [-0.1, -0.05) is 49.7 Å². The maximum absolute atomic E-state index is 11.7. The maximum Gasteiger partial charge on any atom is 0.373 e. The smallest absolute Gasteiger partial charge is 0.373 e. The molecule has 0 N–H and O–H groups in total. The van der Waals surface area contributed by atoms with Gasteiger partial charge in [-0.25, -0.2) is 9.59 Å². The zero-order chi connectivity index (χ0) is 15.7. The lowest BCUT2D eigenvalue weighted by atomic mass is 10.2. The fraction of sp³-hybridized carbons (Fsp3) is 0.333. The molecule has 0 amide bonds. The zero-order valence-corrected chi connectivity index (χ0v) is 12.5. The molecule has 6 heteroatoms. The van der Waals surface area contributed by atoms with E-state index in [9.17, 15) is 9.59 Å². The van der Waals surface area contributed by atoms with Gasteiger partial charge < -0.3 is 4.74 Å². The third kappa shape index (κ3) is 6.42. The summed E-state index contributed by atoms with van der Waals surface area (Å²) in [6.07, 6.45) is 0.969. The summed E-state index contributed by atoms with van der Waals surface area (Å²) in [6, 6.07) is 8.33. The second kappa shape index (κ2) is 9.15. The summed E-state index contributed by atoms with van der Waals surface area (Å²) < 4.78 is 4.93. The molecule has 0 aliphatic rings. The van der Waals surface area contributed by atoms with Gasteiger partial charge in [0.15, 0.2) is 0 Å². The number of benzene rings is 1. The SMILES string of the molecule is C=C(Cl)C(=O)OC(CCCC)OOC(=O)c1ccccc1. The molecule has 0 radical (unpaired) electrons. The third-order valence-electron chi connectivity index (χ3n) is 2.49. The van der Waals surface area contributed by atoms with Gasteiger partial charge >= 0.3 is 11.9 Å². The van der Waals surface area contributed by atoms with Crippen LogP contribution >= 0.6 is 11.6 Å². The Balaban J connectivity index is 2.54. The molecular formula is C15H17ClO5. The Hall–Kier alpha value is -1.85. The molecule has 1 unspecified atom stereocenters. The highest BCUT2D eigenvalue weighted by molar-refractivity contribution is 6.40. The lowest BCUT2D eigenvalue weighted by Gasteiger charge is -2.16. The third-order valence-corrected chi connectivity index (χ3v) is 2.65. The monoisotopic (exact) mass is 312 g/mol. The molecule has 1 aromatic rings. The average Bonchev–Trinajstić information content (AvgIpc) is 2.50. The molecule has 0 bridgehead atoms.